The van der Waals surface area contributed by atoms with Crippen LogP contribution in [-0.4, -0.2) is 17.5 Å². The lowest BCUT2D eigenvalue weighted by Gasteiger charge is -2.22. The van der Waals surface area contributed by atoms with Gasteiger partial charge >= 0.3 is 0 Å². The molecule has 98 valence electrons. The second kappa shape index (κ2) is 6.50. The Bertz CT molecular complexity index is 383. The molecule has 1 fully saturated rings. The van der Waals surface area contributed by atoms with Crippen molar-refractivity contribution in [2.45, 2.75) is 44.6 Å². The van der Waals surface area contributed by atoms with Crippen molar-refractivity contribution < 1.29 is 4.92 Å². The SMILES string of the molecule is O=[N+]([O-])c1ccc(CCNC2CCCCC2)cc1. The van der Waals surface area contributed by atoms with Crippen LogP contribution in [0.3, 0.4) is 0 Å². The third-order valence-corrected chi connectivity index (χ3v) is 3.60. The fourth-order valence-corrected chi connectivity index (χ4v) is 2.51. The topological polar surface area (TPSA) is 55.2 Å². The lowest BCUT2D eigenvalue weighted by Crippen LogP contribution is -2.32. The van der Waals surface area contributed by atoms with E-state index in [0.29, 0.717) is 6.04 Å². The van der Waals surface area contributed by atoms with Crippen molar-refractivity contribution in [3.63, 3.8) is 0 Å². The number of hydrogen-bond acceptors (Lipinski definition) is 3. The lowest BCUT2D eigenvalue weighted by atomic mass is 9.95. The van der Waals surface area contributed by atoms with E-state index < -0.39 is 0 Å². The Morgan fingerprint density at radius 2 is 1.83 bits per heavy atom. The molecule has 0 aliphatic heterocycles. The molecule has 0 atom stereocenters. The molecule has 0 radical (unpaired) electrons. The minimum Gasteiger partial charge on any atom is -0.314 e. The van der Waals surface area contributed by atoms with Crippen LogP contribution in [0.1, 0.15) is 37.7 Å². The normalized spacial score (nSPS) is 16.7. The molecule has 4 heteroatoms. The highest BCUT2D eigenvalue weighted by Crippen LogP contribution is 2.17. The van der Waals surface area contributed by atoms with Gasteiger partial charge in [-0.25, -0.2) is 0 Å². The van der Waals surface area contributed by atoms with Gasteiger partial charge in [-0.15, -0.1) is 0 Å². The highest BCUT2D eigenvalue weighted by Gasteiger charge is 2.12. The van der Waals surface area contributed by atoms with Crippen molar-refractivity contribution >= 4 is 5.69 Å². The maximum Gasteiger partial charge on any atom is 0.269 e. The molecule has 0 bridgehead atoms. The number of hydrogen-bond donors (Lipinski definition) is 1. The first-order valence-corrected chi connectivity index (χ1v) is 6.72. The molecule has 1 aliphatic rings. The Morgan fingerprint density at radius 1 is 1.17 bits per heavy atom. The van der Waals surface area contributed by atoms with Crippen LogP contribution in [0, 0.1) is 10.1 Å². The van der Waals surface area contributed by atoms with Gasteiger partial charge in [0.2, 0.25) is 0 Å². The zero-order valence-corrected chi connectivity index (χ0v) is 10.6. The second-order valence-electron chi connectivity index (χ2n) is 4.96. The van der Waals surface area contributed by atoms with E-state index in [1.54, 1.807) is 12.1 Å². The highest BCUT2D eigenvalue weighted by atomic mass is 16.6. The third kappa shape index (κ3) is 3.81. The Kier molecular flexibility index (Phi) is 4.70. The summed E-state index contributed by atoms with van der Waals surface area (Å²) < 4.78 is 0. The van der Waals surface area contributed by atoms with Crippen molar-refractivity contribution in [1.29, 1.82) is 0 Å². The number of nitrogens with zero attached hydrogens (tertiary/aromatic N) is 1. The molecule has 18 heavy (non-hydrogen) atoms. The maximum atomic E-state index is 10.5. The summed E-state index contributed by atoms with van der Waals surface area (Å²) in [5.41, 5.74) is 1.32. The Balaban J connectivity index is 1.74. The van der Waals surface area contributed by atoms with Crippen LogP contribution in [-0.2, 0) is 6.42 Å². The molecular formula is C14H20N2O2. The van der Waals surface area contributed by atoms with E-state index in [9.17, 15) is 10.1 Å². The predicted octanol–water partition coefficient (Wildman–Crippen LogP) is 3.06. The van der Waals surface area contributed by atoms with Gasteiger partial charge in [-0.1, -0.05) is 31.4 Å². The molecule has 1 aliphatic carbocycles. The van der Waals surface area contributed by atoms with Crippen LogP contribution in [0.25, 0.3) is 0 Å². The van der Waals surface area contributed by atoms with E-state index >= 15 is 0 Å². The van der Waals surface area contributed by atoms with Gasteiger partial charge in [0.05, 0.1) is 4.92 Å². The van der Waals surface area contributed by atoms with Crippen molar-refractivity contribution in [2.24, 2.45) is 0 Å². The number of nitrogens with one attached hydrogen (secondary N) is 1. The third-order valence-electron chi connectivity index (χ3n) is 3.60. The van der Waals surface area contributed by atoms with Crippen molar-refractivity contribution in [2.75, 3.05) is 6.54 Å². The van der Waals surface area contributed by atoms with Gasteiger partial charge in [0.15, 0.2) is 0 Å². The molecule has 0 saturated heterocycles. The summed E-state index contributed by atoms with van der Waals surface area (Å²) in [6.45, 7) is 0.961. The standard InChI is InChI=1S/C14H20N2O2/c17-16(18)14-8-6-12(7-9-14)10-11-15-13-4-2-1-3-5-13/h6-9,13,15H,1-5,10-11H2. The summed E-state index contributed by atoms with van der Waals surface area (Å²) in [6, 6.07) is 7.53. The predicted molar refractivity (Wildman–Crippen MR) is 71.7 cm³/mol. The van der Waals surface area contributed by atoms with E-state index in [4.69, 9.17) is 0 Å². The van der Waals surface area contributed by atoms with Crippen LogP contribution >= 0.6 is 0 Å². The quantitative estimate of drug-likeness (QED) is 0.643. The number of non-ortho nitro benzene ring substituents is 1. The van der Waals surface area contributed by atoms with E-state index in [-0.39, 0.29) is 10.6 Å². The fourth-order valence-electron chi connectivity index (χ4n) is 2.51. The second-order valence-corrected chi connectivity index (χ2v) is 4.96. The maximum absolute atomic E-state index is 10.5. The summed E-state index contributed by atoms with van der Waals surface area (Å²) in [5.74, 6) is 0. The molecule has 0 spiro atoms. The molecule has 0 heterocycles. The first-order chi connectivity index (χ1) is 8.75. The van der Waals surface area contributed by atoms with Gasteiger partial charge < -0.3 is 5.32 Å². The van der Waals surface area contributed by atoms with E-state index in [1.807, 2.05) is 12.1 Å². The highest BCUT2D eigenvalue weighted by molar-refractivity contribution is 5.32. The summed E-state index contributed by atoms with van der Waals surface area (Å²) in [5, 5.41) is 14.1. The molecule has 1 aromatic carbocycles. The zero-order valence-electron chi connectivity index (χ0n) is 10.6. The van der Waals surface area contributed by atoms with Crippen LogP contribution in [0.15, 0.2) is 24.3 Å². The van der Waals surface area contributed by atoms with E-state index in [0.717, 1.165) is 18.5 Å². The molecule has 1 aromatic rings. The van der Waals surface area contributed by atoms with Crippen LogP contribution < -0.4 is 5.32 Å². The molecule has 0 aromatic heterocycles. The number of nitro groups is 1. The van der Waals surface area contributed by atoms with E-state index in [2.05, 4.69) is 5.32 Å². The van der Waals surface area contributed by atoms with Gasteiger partial charge in [-0.3, -0.25) is 10.1 Å². The van der Waals surface area contributed by atoms with Crippen LogP contribution in [0.4, 0.5) is 5.69 Å². The Labute approximate surface area is 108 Å². The fraction of sp³-hybridized carbons (Fsp3) is 0.571. The van der Waals surface area contributed by atoms with Gasteiger partial charge in [0.25, 0.3) is 5.69 Å². The van der Waals surface area contributed by atoms with Gasteiger partial charge in [-0.2, -0.15) is 0 Å². The molecule has 1 N–H and O–H groups in total. The number of benzene rings is 1. The van der Waals surface area contributed by atoms with E-state index in [1.165, 1.54) is 32.1 Å². The summed E-state index contributed by atoms with van der Waals surface area (Å²) in [6.07, 6.45) is 7.58. The van der Waals surface area contributed by atoms with Crippen molar-refractivity contribution in [3.05, 3.63) is 39.9 Å². The summed E-state index contributed by atoms with van der Waals surface area (Å²) in [4.78, 5) is 10.2. The van der Waals surface area contributed by atoms with Gasteiger partial charge in [0.1, 0.15) is 0 Å². The first-order valence-electron chi connectivity index (χ1n) is 6.72. The van der Waals surface area contributed by atoms with Crippen LogP contribution in [0.5, 0.6) is 0 Å². The Hall–Kier alpha value is -1.42. The van der Waals surface area contributed by atoms with Gasteiger partial charge in [-0.05, 0) is 31.4 Å². The summed E-state index contributed by atoms with van der Waals surface area (Å²) in [7, 11) is 0. The molecule has 0 unspecified atom stereocenters. The molecule has 1 saturated carbocycles. The zero-order chi connectivity index (χ0) is 12.8. The smallest absolute Gasteiger partial charge is 0.269 e. The summed E-state index contributed by atoms with van der Waals surface area (Å²) >= 11 is 0. The minimum absolute atomic E-state index is 0.166. The largest absolute Gasteiger partial charge is 0.314 e. The van der Waals surface area contributed by atoms with Crippen molar-refractivity contribution in [3.8, 4) is 0 Å². The number of rotatable bonds is 5. The Morgan fingerprint density at radius 3 is 2.44 bits per heavy atom. The molecule has 0 amide bonds. The lowest BCUT2D eigenvalue weighted by molar-refractivity contribution is -0.384. The number of nitro benzene ring substituents is 1. The minimum atomic E-state index is -0.357. The van der Waals surface area contributed by atoms with Gasteiger partial charge in [0, 0.05) is 18.2 Å². The van der Waals surface area contributed by atoms with Crippen LogP contribution in [0.2, 0.25) is 0 Å². The molecular weight excluding hydrogens is 228 g/mol. The first kappa shape index (κ1) is 13.0. The average Bonchev–Trinajstić information content (AvgIpc) is 2.40. The average molecular weight is 248 g/mol. The van der Waals surface area contributed by atoms with Crippen molar-refractivity contribution in [1.82, 2.24) is 5.32 Å². The molecule has 2 rings (SSSR count). The monoisotopic (exact) mass is 248 g/mol. The molecule has 4 nitrogen and oxygen atoms in total.